The van der Waals surface area contributed by atoms with Gasteiger partial charge in [-0.05, 0) is 64.6 Å². The van der Waals surface area contributed by atoms with Gasteiger partial charge in [0.25, 0.3) is 5.95 Å². The van der Waals surface area contributed by atoms with Crippen LogP contribution in [0.4, 0.5) is 27.5 Å². The fourth-order valence-electron chi connectivity index (χ4n) is 4.63. The Morgan fingerprint density at radius 2 is 1.77 bits per heavy atom. The number of anilines is 3. The Bertz CT molecular complexity index is 1520. The van der Waals surface area contributed by atoms with Crippen LogP contribution in [0.3, 0.4) is 0 Å². The van der Waals surface area contributed by atoms with Gasteiger partial charge in [0.05, 0.1) is 26.0 Å². The molecule has 5 rings (SSSR count). The molecule has 0 amide bonds. The SMILES string of the molecule is CC(C)c1cc(Nc2cc(O)cc(-c3cccc(O)c3)c2)ccc1CN=Nc1ncc(F)c(N2CCOCC2)n1. The summed E-state index contributed by atoms with van der Waals surface area (Å²) in [6, 6.07) is 18.1. The Labute approximate surface area is 232 Å². The summed E-state index contributed by atoms with van der Waals surface area (Å²) in [6.45, 7) is 6.68. The molecule has 9 nitrogen and oxygen atoms in total. The maximum absolute atomic E-state index is 14.3. The van der Waals surface area contributed by atoms with Crippen LogP contribution in [0.2, 0.25) is 0 Å². The summed E-state index contributed by atoms with van der Waals surface area (Å²) >= 11 is 0. The van der Waals surface area contributed by atoms with Gasteiger partial charge in [-0.1, -0.05) is 32.0 Å². The number of phenols is 2. The van der Waals surface area contributed by atoms with Crippen LogP contribution in [0.25, 0.3) is 11.1 Å². The first kappa shape index (κ1) is 27.0. The number of morpholine rings is 1. The van der Waals surface area contributed by atoms with E-state index in [1.807, 2.05) is 29.2 Å². The summed E-state index contributed by atoms with van der Waals surface area (Å²) in [7, 11) is 0. The number of halogens is 1. The molecule has 0 aliphatic carbocycles. The van der Waals surface area contributed by atoms with E-state index in [-0.39, 0.29) is 29.2 Å². The second kappa shape index (κ2) is 12.1. The number of aromatic hydroxyl groups is 2. The van der Waals surface area contributed by atoms with Crippen molar-refractivity contribution in [1.29, 1.82) is 0 Å². The van der Waals surface area contributed by atoms with Gasteiger partial charge in [-0.2, -0.15) is 10.1 Å². The van der Waals surface area contributed by atoms with Crippen molar-refractivity contribution < 1.29 is 19.3 Å². The molecular formula is C30H31FN6O3. The third kappa shape index (κ3) is 6.52. The lowest BCUT2D eigenvalue weighted by atomic mass is 9.96. The van der Waals surface area contributed by atoms with Gasteiger partial charge >= 0.3 is 0 Å². The monoisotopic (exact) mass is 542 g/mol. The molecule has 1 aromatic heterocycles. The lowest BCUT2D eigenvalue weighted by Gasteiger charge is -2.27. The van der Waals surface area contributed by atoms with E-state index >= 15 is 0 Å². The number of hydrogen-bond donors (Lipinski definition) is 3. The van der Waals surface area contributed by atoms with Crippen LogP contribution in [-0.2, 0) is 11.3 Å². The number of benzene rings is 3. The topological polar surface area (TPSA) is 115 Å². The highest BCUT2D eigenvalue weighted by Crippen LogP contribution is 2.32. The van der Waals surface area contributed by atoms with Gasteiger partial charge in [-0.15, -0.1) is 5.11 Å². The van der Waals surface area contributed by atoms with Crippen LogP contribution in [0.1, 0.15) is 30.9 Å². The molecule has 3 N–H and O–H groups in total. The molecule has 0 spiro atoms. The second-order valence-corrected chi connectivity index (χ2v) is 9.85. The number of aromatic nitrogens is 2. The molecular weight excluding hydrogens is 511 g/mol. The molecule has 0 saturated carbocycles. The zero-order valence-electron chi connectivity index (χ0n) is 22.4. The maximum Gasteiger partial charge on any atom is 0.270 e. The minimum absolute atomic E-state index is 0.110. The van der Waals surface area contributed by atoms with Gasteiger partial charge < -0.3 is 25.2 Å². The highest BCUT2D eigenvalue weighted by Gasteiger charge is 2.18. The molecule has 0 bridgehead atoms. The predicted octanol–water partition coefficient (Wildman–Crippen LogP) is 6.68. The van der Waals surface area contributed by atoms with Crippen molar-refractivity contribution in [2.45, 2.75) is 26.3 Å². The number of nitrogens with zero attached hydrogens (tertiary/aromatic N) is 5. The number of ether oxygens (including phenoxy) is 1. The van der Waals surface area contributed by atoms with E-state index in [2.05, 4.69) is 45.4 Å². The van der Waals surface area contributed by atoms with Gasteiger partial charge in [-0.3, -0.25) is 0 Å². The van der Waals surface area contributed by atoms with E-state index in [0.717, 1.165) is 34.1 Å². The smallest absolute Gasteiger partial charge is 0.270 e. The zero-order chi connectivity index (χ0) is 28.1. The first-order chi connectivity index (χ1) is 19.4. The molecule has 1 aliphatic heterocycles. The van der Waals surface area contributed by atoms with E-state index in [1.54, 1.807) is 30.3 Å². The van der Waals surface area contributed by atoms with Crippen molar-refractivity contribution in [3.8, 4) is 22.6 Å². The predicted molar refractivity (Wildman–Crippen MR) is 152 cm³/mol. The van der Waals surface area contributed by atoms with Crippen molar-refractivity contribution in [2.24, 2.45) is 10.2 Å². The summed E-state index contributed by atoms with van der Waals surface area (Å²) in [6.07, 6.45) is 1.12. The van der Waals surface area contributed by atoms with Crippen molar-refractivity contribution in [3.05, 3.63) is 83.8 Å². The van der Waals surface area contributed by atoms with Crippen LogP contribution >= 0.6 is 0 Å². The minimum Gasteiger partial charge on any atom is -0.508 e. The highest BCUT2D eigenvalue weighted by atomic mass is 19.1. The number of nitrogens with one attached hydrogen (secondary N) is 1. The molecule has 1 aliphatic rings. The molecule has 40 heavy (non-hydrogen) atoms. The Morgan fingerprint density at radius 1 is 0.975 bits per heavy atom. The van der Waals surface area contributed by atoms with Gasteiger partial charge in [0.15, 0.2) is 11.6 Å². The van der Waals surface area contributed by atoms with E-state index in [1.165, 1.54) is 0 Å². The van der Waals surface area contributed by atoms with Crippen LogP contribution in [-0.4, -0.2) is 46.5 Å². The summed E-state index contributed by atoms with van der Waals surface area (Å²) in [5.41, 5.74) is 5.23. The maximum atomic E-state index is 14.3. The summed E-state index contributed by atoms with van der Waals surface area (Å²) in [4.78, 5) is 10.1. The fraction of sp³-hybridized carbons (Fsp3) is 0.267. The van der Waals surface area contributed by atoms with Gasteiger partial charge in [0, 0.05) is 30.5 Å². The number of azo groups is 1. The van der Waals surface area contributed by atoms with E-state index in [9.17, 15) is 14.6 Å². The highest BCUT2D eigenvalue weighted by molar-refractivity contribution is 5.74. The standard InChI is InChI=1S/C30H31FN6O3/c1-19(2)27-16-23(34-24-12-22(14-26(39)15-24)20-4-3-5-25(38)13-20)7-6-21(27)17-33-36-30-32-18-28(31)29(35-30)37-8-10-40-11-9-37/h3-7,12-16,18-19,34,38-39H,8-11,17H2,1-2H3. The Kier molecular flexibility index (Phi) is 8.16. The second-order valence-electron chi connectivity index (χ2n) is 9.85. The Hall–Kier alpha value is -4.57. The molecule has 2 heterocycles. The van der Waals surface area contributed by atoms with Crippen LogP contribution < -0.4 is 10.2 Å². The largest absolute Gasteiger partial charge is 0.508 e. The molecule has 4 aromatic rings. The molecule has 1 fully saturated rings. The van der Waals surface area contributed by atoms with Crippen molar-refractivity contribution in [2.75, 3.05) is 36.5 Å². The van der Waals surface area contributed by atoms with Crippen molar-refractivity contribution >= 4 is 23.1 Å². The fourth-order valence-corrected chi connectivity index (χ4v) is 4.63. The van der Waals surface area contributed by atoms with Crippen LogP contribution in [0.15, 0.2) is 77.1 Å². The molecule has 3 aromatic carbocycles. The summed E-state index contributed by atoms with van der Waals surface area (Å²) < 4.78 is 19.7. The lowest BCUT2D eigenvalue weighted by Crippen LogP contribution is -2.37. The molecule has 0 radical (unpaired) electrons. The van der Waals surface area contributed by atoms with E-state index in [4.69, 9.17) is 4.74 Å². The summed E-state index contributed by atoms with van der Waals surface area (Å²) in [5, 5.41) is 32.0. The minimum atomic E-state index is -0.494. The molecule has 0 unspecified atom stereocenters. The quantitative estimate of drug-likeness (QED) is 0.213. The average molecular weight is 543 g/mol. The average Bonchev–Trinajstić information content (AvgIpc) is 2.94. The molecule has 10 heteroatoms. The van der Waals surface area contributed by atoms with Crippen LogP contribution in [0.5, 0.6) is 11.5 Å². The third-order valence-corrected chi connectivity index (χ3v) is 6.58. The molecule has 0 atom stereocenters. The third-order valence-electron chi connectivity index (χ3n) is 6.58. The number of rotatable bonds is 8. The van der Waals surface area contributed by atoms with E-state index in [0.29, 0.717) is 38.5 Å². The van der Waals surface area contributed by atoms with Gasteiger partial charge in [-0.25, -0.2) is 9.37 Å². The summed E-state index contributed by atoms with van der Waals surface area (Å²) in [5.74, 6) is 0.321. The number of phenolic OH excluding ortho intramolecular Hbond substituents is 2. The Morgan fingerprint density at radius 3 is 2.55 bits per heavy atom. The van der Waals surface area contributed by atoms with Crippen LogP contribution in [0, 0.1) is 5.82 Å². The van der Waals surface area contributed by atoms with Crippen molar-refractivity contribution in [1.82, 2.24) is 9.97 Å². The first-order valence-electron chi connectivity index (χ1n) is 13.1. The zero-order valence-corrected chi connectivity index (χ0v) is 22.4. The molecule has 1 saturated heterocycles. The normalized spacial score (nSPS) is 13.8. The first-order valence-corrected chi connectivity index (χ1v) is 13.1. The van der Waals surface area contributed by atoms with E-state index < -0.39 is 5.82 Å². The lowest BCUT2D eigenvalue weighted by molar-refractivity contribution is 0.122. The number of hydrogen-bond acceptors (Lipinski definition) is 9. The van der Waals surface area contributed by atoms with Gasteiger partial charge in [0.1, 0.15) is 11.5 Å². The van der Waals surface area contributed by atoms with Gasteiger partial charge in [0.2, 0.25) is 0 Å². The van der Waals surface area contributed by atoms with Crippen molar-refractivity contribution in [3.63, 3.8) is 0 Å². The Balaban J connectivity index is 1.32. The molecule has 206 valence electrons.